The van der Waals surface area contributed by atoms with Crippen molar-refractivity contribution in [2.45, 2.75) is 19.2 Å². The molecule has 4 aromatic carbocycles. The number of hydrogen-bond donors (Lipinski definition) is 1. The highest BCUT2D eigenvalue weighted by molar-refractivity contribution is 5.83. The van der Waals surface area contributed by atoms with E-state index >= 15 is 0 Å². The van der Waals surface area contributed by atoms with Gasteiger partial charge in [-0.05, 0) is 34.0 Å². The molecule has 152 valence electrons. The van der Waals surface area contributed by atoms with Crippen LogP contribution < -0.4 is 4.74 Å². The fourth-order valence-electron chi connectivity index (χ4n) is 3.67. The van der Waals surface area contributed by atoms with Crippen molar-refractivity contribution in [1.82, 2.24) is 4.90 Å². The minimum absolute atomic E-state index is 0.262. The minimum atomic E-state index is -0.580. The van der Waals surface area contributed by atoms with Gasteiger partial charge in [-0.15, -0.1) is 0 Å². The quantitative estimate of drug-likeness (QED) is 0.417. The number of rotatable bonds is 9. The average Bonchev–Trinajstić information content (AvgIpc) is 2.79. The van der Waals surface area contributed by atoms with E-state index in [1.54, 1.807) is 0 Å². The van der Waals surface area contributed by atoms with Crippen molar-refractivity contribution in [3.05, 3.63) is 114 Å². The molecule has 0 fully saturated rings. The normalized spacial score (nSPS) is 12.2. The molecule has 1 atom stereocenters. The molecule has 30 heavy (non-hydrogen) atoms. The highest BCUT2D eigenvalue weighted by Gasteiger charge is 2.14. The van der Waals surface area contributed by atoms with Crippen LogP contribution in [0.4, 0.5) is 0 Å². The Morgan fingerprint density at radius 1 is 0.667 bits per heavy atom. The Balaban J connectivity index is 1.39. The first-order valence-electron chi connectivity index (χ1n) is 10.4. The van der Waals surface area contributed by atoms with Crippen LogP contribution in [0.25, 0.3) is 10.8 Å². The standard InChI is InChI=1S/C27H27NO2/c29-26(21-30-27-16-15-24-13-7-8-14-25(24)17-27)20-28(18-22-9-3-1-4-10-22)19-23-11-5-2-6-12-23/h1-17,26,29H,18-21H2. The van der Waals surface area contributed by atoms with Gasteiger partial charge in [0.1, 0.15) is 18.5 Å². The molecule has 0 aliphatic rings. The molecule has 0 spiro atoms. The van der Waals surface area contributed by atoms with Crippen LogP contribution >= 0.6 is 0 Å². The Morgan fingerprint density at radius 2 is 1.23 bits per heavy atom. The second-order valence-corrected chi connectivity index (χ2v) is 7.61. The summed E-state index contributed by atoms with van der Waals surface area (Å²) in [5.74, 6) is 0.783. The second-order valence-electron chi connectivity index (χ2n) is 7.61. The molecular weight excluding hydrogens is 370 g/mol. The average molecular weight is 398 g/mol. The van der Waals surface area contributed by atoms with E-state index in [1.807, 2.05) is 42.5 Å². The molecule has 1 unspecified atom stereocenters. The Labute approximate surface area is 178 Å². The van der Waals surface area contributed by atoms with Gasteiger partial charge in [0.05, 0.1) is 0 Å². The third kappa shape index (κ3) is 5.69. The number of benzene rings is 4. The van der Waals surface area contributed by atoms with Crippen LogP contribution in [-0.2, 0) is 13.1 Å². The van der Waals surface area contributed by atoms with Crippen LogP contribution in [-0.4, -0.2) is 29.3 Å². The van der Waals surface area contributed by atoms with Crippen LogP contribution in [0.1, 0.15) is 11.1 Å². The summed E-state index contributed by atoms with van der Waals surface area (Å²) in [5.41, 5.74) is 2.46. The topological polar surface area (TPSA) is 32.7 Å². The summed E-state index contributed by atoms with van der Waals surface area (Å²) in [6.45, 7) is 2.36. The van der Waals surface area contributed by atoms with Crippen molar-refractivity contribution in [1.29, 1.82) is 0 Å². The molecule has 0 saturated heterocycles. The Hall–Kier alpha value is -3.14. The number of aliphatic hydroxyl groups excluding tert-OH is 1. The van der Waals surface area contributed by atoms with E-state index in [0.717, 1.165) is 24.2 Å². The number of aliphatic hydroxyl groups is 1. The second kappa shape index (κ2) is 10.1. The Kier molecular flexibility index (Phi) is 6.75. The van der Waals surface area contributed by atoms with E-state index in [4.69, 9.17) is 4.74 Å². The monoisotopic (exact) mass is 397 g/mol. The minimum Gasteiger partial charge on any atom is -0.491 e. The van der Waals surface area contributed by atoms with Gasteiger partial charge in [-0.2, -0.15) is 0 Å². The third-order valence-electron chi connectivity index (χ3n) is 5.13. The fraction of sp³-hybridized carbons (Fsp3) is 0.185. The number of nitrogens with zero attached hydrogens (tertiary/aromatic N) is 1. The molecule has 3 nitrogen and oxygen atoms in total. The Bertz CT molecular complexity index is 1010. The van der Waals surface area contributed by atoms with E-state index in [1.165, 1.54) is 16.5 Å². The smallest absolute Gasteiger partial charge is 0.120 e. The van der Waals surface area contributed by atoms with Crippen molar-refractivity contribution >= 4 is 10.8 Å². The van der Waals surface area contributed by atoms with Gasteiger partial charge in [-0.25, -0.2) is 0 Å². The molecule has 4 rings (SSSR count). The highest BCUT2D eigenvalue weighted by Crippen LogP contribution is 2.21. The van der Waals surface area contributed by atoms with E-state index in [9.17, 15) is 5.11 Å². The molecule has 0 bridgehead atoms. The molecule has 1 N–H and O–H groups in total. The maximum Gasteiger partial charge on any atom is 0.120 e. The van der Waals surface area contributed by atoms with Crippen LogP contribution in [0.15, 0.2) is 103 Å². The van der Waals surface area contributed by atoms with Crippen LogP contribution in [0.5, 0.6) is 5.75 Å². The van der Waals surface area contributed by atoms with Crippen molar-refractivity contribution in [3.63, 3.8) is 0 Å². The van der Waals surface area contributed by atoms with Gasteiger partial charge in [-0.3, -0.25) is 4.90 Å². The van der Waals surface area contributed by atoms with E-state index in [-0.39, 0.29) is 6.61 Å². The molecule has 0 radical (unpaired) electrons. The van der Waals surface area contributed by atoms with Crippen LogP contribution in [0.3, 0.4) is 0 Å². The molecule has 4 aromatic rings. The molecule has 3 heteroatoms. The molecule has 0 aromatic heterocycles. The zero-order valence-corrected chi connectivity index (χ0v) is 17.0. The lowest BCUT2D eigenvalue weighted by Gasteiger charge is -2.25. The number of ether oxygens (including phenoxy) is 1. The van der Waals surface area contributed by atoms with Gasteiger partial charge in [0.2, 0.25) is 0 Å². The summed E-state index contributed by atoms with van der Waals surface area (Å²) >= 11 is 0. The molecule has 0 amide bonds. The lowest BCUT2D eigenvalue weighted by molar-refractivity contribution is 0.0629. The first-order chi connectivity index (χ1) is 14.8. The lowest BCUT2D eigenvalue weighted by atomic mass is 10.1. The summed E-state index contributed by atoms with van der Waals surface area (Å²) in [6, 6.07) is 35.0. The predicted octanol–water partition coefficient (Wildman–Crippen LogP) is 5.28. The first-order valence-corrected chi connectivity index (χ1v) is 10.4. The third-order valence-corrected chi connectivity index (χ3v) is 5.13. The zero-order valence-electron chi connectivity index (χ0n) is 17.0. The Morgan fingerprint density at radius 3 is 1.87 bits per heavy atom. The van der Waals surface area contributed by atoms with E-state index in [0.29, 0.717) is 6.54 Å². The van der Waals surface area contributed by atoms with Crippen molar-refractivity contribution in [2.75, 3.05) is 13.2 Å². The number of hydrogen-bond acceptors (Lipinski definition) is 3. The summed E-state index contributed by atoms with van der Waals surface area (Å²) in [4.78, 5) is 2.26. The van der Waals surface area contributed by atoms with Crippen molar-refractivity contribution < 1.29 is 9.84 Å². The SMILES string of the molecule is OC(COc1ccc2ccccc2c1)CN(Cc1ccccc1)Cc1ccccc1. The maximum absolute atomic E-state index is 10.7. The first kappa shape index (κ1) is 20.1. The molecule has 0 aliphatic carbocycles. The largest absolute Gasteiger partial charge is 0.491 e. The summed E-state index contributed by atoms with van der Waals surface area (Å²) < 4.78 is 5.90. The summed E-state index contributed by atoms with van der Waals surface area (Å²) in [7, 11) is 0. The van der Waals surface area contributed by atoms with Gasteiger partial charge < -0.3 is 9.84 Å². The maximum atomic E-state index is 10.7. The summed E-state index contributed by atoms with van der Waals surface area (Å²) in [6.07, 6.45) is -0.580. The van der Waals surface area contributed by atoms with E-state index < -0.39 is 6.10 Å². The van der Waals surface area contributed by atoms with Crippen LogP contribution in [0, 0.1) is 0 Å². The summed E-state index contributed by atoms with van der Waals surface area (Å²) in [5, 5.41) is 13.0. The van der Waals surface area contributed by atoms with Gasteiger partial charge in [0, 0.05) is 19.6 Å². The lowest BCUT2D eigenvalue weighted by Crippen LogP contribution is -2.35. The van der Waals surface area contributed by atoms with Gasteiger partial charge in [0.15, 0.2) is 0 Å². The fourth-order valence-corrected chi connectivity index (χ4v) is 3.67. The van der Waals surface area contributed by atoms with Gasteiger partial charge >= 0.3 is 0 Å². The highest BCUT2D eigenvalue weighted by atomic mass is 16.5. The molecule has 0 aliphatic heterocycles. The van der Waals surface area contributed by atoms with Crippen molar-refractivity contribution in [3.8, 4) is 5.75 Å². The zero-order chi connectivity index (χ0) is 20.6. The molecular formula is C27H27NO2. The predicted molar refractivity (Wildman–Crippen MR) is 122 cm³/mol. The van der Waals surface area contributed by atoms with Gasteiger partial charge in [-0.1, -0.05) is 91.0 Å². The van der Waals surface area contributed by atoms with Crippen LogP contribution in [0.2, 0.25) is 0 Å². The van der Waals surface area contributed by atoms with E-state index in [2.05, 4.69) is 65.6 Å². The van der Waals surface area contributed by atoms with Gasteiger partial charge in [0.25, 0.3) is 0 Å². The molecule has 0 saturated carbocycles. The molecule has 0 heterocycles. The number of fused-ring (bicyclic) bond motifs is 1. The van der Waals surface area contributed by atoms with Crippen molar-refractivity contribution in [2.24, 2.45) is 0 Å².